The summed E-state index contributed by atoms with van der Waals surface area (Å²) in [6.07, 6.45) is 0.405. The van der Waals surface area contributed by atoms with Crippen LogP contribution in [0.5, 0.6) is 0 Å². The molecule has 9 heteroatoms. The lowest BCUT2D eigenvalue weighted by Crippen LogP contribution is -2.35. The topological polar surface area (TPSA) is 63.2 Å². The summed E-state index contributed by atoms with van der Waals surface area (Å²) in [5, 5.41) is -0.0960. The second-order valence-electron chi connectivity index (χ2n) is 10.2. The predicted molar refractivity (Wildman–Crippen MR) is 137 cm³/mol. The van der Waals surface area contributed by atoms with Gasteiger partial charge in [0.15, 0.2) is 5.03 Å². The van der Waals surface area contributed by atoms with Crippen molar-refractivity contribution in [1.29, 1.82) is 0 Å². The molecule has 0 bridgehead atoms. The van der Waals surface area contributed by atoms with Crippen LogP contribution < -0.4 is 4.90 Å². The number of halogens is 3. The third-order valence-electron chi connectivity index (χ3n) is 7.37. The smallest absolute Gasteiger partial charge is 0.356 e. The van der Waals surface area contributed by atoms with E-state index in [0.29, 0.717) is 17.3 Å². The van der Waals surface area contributed by atoms with Crippen molar-refractivity contribution in [3.8, 4) is 11.3 Å². The van der Waals surface area contributed by atoms with Gasteiger partial charge in [-0.05, 0) is 67.3 Å². The average Bonchev–Trinajstić information content (AvgIpc) is 2.82. The highest BCUT2D eigenvalue weighted by atomic mass is 32.2. The molecule has 1 atom stereocenters. The van der Waals surface area contributed by atoms with Crippen LogP contribution in [0.4, 0.5) is 19.0 Å². The minimum atomic E-state index is -4.62. The van der Waals surface area contributed by atoms with Gasteiger partial charge in [0, 0.05) is 18.7 Å². The Labute approximate surface area is 215 Å². The highest BCUT2D eigenvalue weighted by molar-refractivity contribution is 7.90. The molecule has 2 fully saturated rings. The third kappa shape index (κ3) is 5.51. The summed E-state index contributed by atoms with van der Waals surface area (Å²) in [5.74, 6) is 0.753. The first-order chi connectivity index (χ1) is 17.6. The van der Waals surface area contributed by atoms with Crippen molar-refractivity contribution in [3.05, 3.63) is 71.4 Å². The molecule has 1 aliphatic carbocycles. The summed E-state index contributed by atoms with van der Waals surface area (Å²) in [6.45, 7) is 3.77. The van der Waals surface area contributed by atoms with E-state index in [4.69, 9.17) is 0 Å². The SMILES string of the molecule is C[C@@H]1CCCN(c2cccc(S(=O)(=O)Cc3ccc(C(F)(F)F)c(-c4ccccc4C4CCC4)n3)n2)C1. The molecule has 1 aromatic carbocycles. The van der Waals surface area contributed by atoms with Crippen LogP contribution in [0.25, 0.3) is 11.3 Å². The Morgan fingerprint density at radius 1 is 0.946 bits per heavy atom. The molecule has 3 heterocycles. The number of hydrogen-bond donors (Lipinski definition) is 0. The largest absolute Gasteiger partial charge is 0.418 e. The van der Waals surface area contributed by atoms with Crippen LogP contribution in [0, 0.1) is 5.92 Å². The van der Waals surface area contributed by atoms with E-state index >= 15 is 0 Å². The van der Waals surface area contributed by atoms with Crippen molar-refractivity contribution in [2.24, 2.45) is 5.92 Å². The molecule has 0 radical (unpaired) electrons. The number of nitrogens with zero attached hydrogens (tertiary/aromatic N) is 3. The van der Waals surface area contributed by atoms with Crippen LogP contribution in [0.1, 0.15) is 61.8 Å². The van der Waals surface area contributed by atoms with Crippen LogP contribution in [-0.4, -0.2) is 31.5 Å². The van der Waals surface area contributed by atoms with E-state index in [-0.39, 0.29) is 22.3 Å². The average molecular weight is 530 g/mol. The molecule has 2 aliphatic rings. The molecule has 3 aromatic rings. The molecule has 1 saturated heterocycles. The number of piperidine rings is 1. The number of aromatic nitrogens is 2. The molecule has 37 heavy (non-hydrogen) atoms. The number of anilines is 1. The van der Waals surface area contributed by atoms with Gasteiger partial charge in [-0.15, -0.1) is 0 Å². The zero-order valence-corrected chi connectivity index (χ0v) is 21.5. The summed E-state index contributed by atoms with van der Waals surface area (Å²) < 4.78 is 68.6. The van der Waals surface area contributed by atoms with Gasteiger partial charge in [0.1, 0.15) is 5.82 Å². The van der Waals surface area contributed by atoms with Crippen LogP contribution >= 0.6 is 0 Å². The van der Waals surface area contributed by atoms with Crippen LogP contribution in [-0.2, 0) is 21.8 Å². The maximum absolute atomic E-state index is 14.0. The van der Waals surface area contributed by atoms with E-state index in [1.807, 2.05) is 12.1 Å². The Morgan fingerprint density at radius 3 is 2.43 bits per heavy atom. The normalized spacial score (nSPS) is 19.0. The minimum Gasteiger partial charge on any atom is -0.356 e. The standard InChI is InChI=1S/C28H30F3N3O2S/c1-19-7-6-16-34(17-19)25-12-5-13-26(33-25)37(35,36)18-21-14-15-24(28(29,30)31)27(32-21)23-11-3-2-10-22(23)20-8-4-9-20/h2-3,5,10-15,19-20H,4,6-9,16-18H2,1H3/t19-/m1/s1. The molecule has 1 saturated carbocycles. The van der Waals surface area contributed by atoms with Gasteiger partial charge in [0.2, 0.25) is 9.84 Å². The molecule has 0 unspecified atom stereocenters. The Bertz CT molecular complexity index is 1390. The molecule has 2 aromatic heterocycles. The van der Waals surface area contributed by atoms with Crippen molar-refractivity contribution < 1.29 is 21.6 Å². The maximum atomic E-state index is 14.0. The summed E-state index contributed by atoms with van der Waals surface area (Å²) in [6, 6.07) is 14.0. The first-order valence-corrected chi connectivity index (χ1v) is 14.4. The van der Waals surface area contributed by atoms with E-state index in [0.717, 1.165) is 62.9 Å². The Morgan fingerprint density at radius 2 is 1.73 bits per heavy atom. The van der Waals surface area contributed by atoms with Gasteiger partial charge in [-0.2, -0.15) is 13.2 Å². The summed E-state index contributed by atoms with van der Waals surface area (Å²) in [7, 11) is -3.94. The number of pyridine rings is 2. The van der Waals surface area contributed by atoms with Crippen molar-refractivity contribution >= 4 is 15.7 Å². The minimum absolute atomic E-state index is 0.0604. The fourth-order valence-corrected chi connectivity index (χ4v) is 6.44. The van der Waals surface area contributed by atoms with E-state index in [1.54, 1.807) is 24.3 Å². The number of benzene rings is 1. The van der Waals surface area contributed by atoms with Crippen LogP contribution in [0.15, 0.2) is 59.6 Å². The first-order valence-electron chi connectivity index (χ1n) is 12.7. The second kappa shape index (κ2) is 10.1. The molecule has 5 nitrogen and oxygen atoms in total. The van der Waals surface area contributed by atoms with Gasteiger partial charge >= 0.3 is 6.18 Å². The lowest BCUT2D eigenvalue weighted by Gasteiger charge is -2.32. The second-order valence-corrected chi connectivity index (χ2v) is 12.1. The van der Waals surface area contributed by atoms with Crippen molar-refractivity contribution in [3.63, 3.8) is 0 Å². The molecular formula is C28H30F3N3O2S. The lowest BCUT2D eigenvalue weighted by molar-refractivity contribution is -0.137. The van der Waals surface area contributed by atoms with E-state index in [1.165, 1.54) is 6.07 Å². The first kappa shape index (κ1) is 25.7. The van der Waals surface area contributed by atoms with E-state index in [9.17, 15) is 21.6 Å². The highest BCUT2D eigenvalue weighted by Gasteiger charge is 2.36. The zero-order chi connectivity index (χ0) is 26.2. The number of alkyl halides is 3. The molecule has 0 N–H and O–H groups in total. The summed E-state index contributed by atoms with van der Waals surface area (Å²) in [5.41, 5.74) is 0.228. The fourth-order valence-electron chi connectivity index (χ4n) is 5.22. The third-order valence-corrected chi connectivity index (χ3v) is 8.91. The quantitative estimate of drug-likeness (QED) is 0.358. The number of hydrogen-bond acceptors (Lipinski definition) is 5. The van der Waals surface area contributed by atoms with Crippen molar-refractivity contribution in [2.75, 3.05) is 18.0 Å². The van der Waals surface area contributed by atoms with Gasteiger partial charge in [-0.1, -0.05) is 43.7 Å². The fraction of sp³-hybridized carbons (Fsp3) is 0.429. The monoisotopic (exact) mass is 529 g/mol. The van der Waals surface area contributed by atoms with Gasteiger partial charge in [-0.3, -0.25) is 4.98 Å². The van der Waals surface area contributed by atoms with Gasteiger partial charge in [0.25, 0.3) is 0 Å². The zero-order valence-electron chi connectivity index (χ0n) is 20.7. The molecule has 5 rings (SSSR count). The summed E-state index contributed by atoms with van der Waals surface area (Å²) >= 11 is 0. The van der Waals surface area contributed by atoms with Crippen LogP contribution in [0.3, 0.4) is 0 Å². The number of sulfone groups is 1. The van der Waals surface area contributed by atoms with Gasteiger partial charge in [0.05, 0.1) is 22.7 Å². The molecule has 0 spiro atoms. The highest BCUT2D eigenvalue weighted by Crippen LogP contribution is 2.44. The van der Waals surface area contributed by atoms with E-state index < -0.39 is 27.3 Å². The Kier molecular flexibility index (Phi) is 7.00. The number of rotatable bonds is 6. The maximum Gasteiger partial charge on any atom is 0.418 e. The van der Waals surface area contributed by atoms with Gasteiger partial charge < -0.3 is 4.90 Å². The van der Waals surface area contributed by atoms with Crippen molar-refractivity contribution in [1.82, 2.24) is 9.97 Å². The molecule has 0 amide bonds. The molecule has 196 valence electrons. The van der Waals surface area contributed by atoms with E-state index in [2.05, 4.69) is 21.8 Å². The Hall–Kier alpha value is -2.94. The molecule has 1 aliphatic heterocycles. The predicted octanol–water partition coefficient (Wildman–Crippen LogP) is 6.64. The molecular weight excluding hydrogens is 499 g/mol. The summed E-state index contributed by atoms with van der Waals surface area (Å²) in [4.78, 5) is 10.8. The lowest BCUT2D eigenvalue weighted by atomic mass is 9.77. The Balaban J connectivity index is 1.49. The van der Waals surface area contributed by atoms with Gasteiger partial charge in [-0.25, -0.2) is 13.4 Å². The van der Waals surface area contributed by atoms with Crippen LogP contribution in [0.2, 0.25) is 0 Å². The van der Waals surface area contributed by atoms with Crippen molar-refractivity contribution in [2.45, 2.75) is 61.9 Å².